The van der Waals surface area contributed by atoms with E-state index in [9.17, 15) is 9.59 Å². The van der Waals surface area contributed by atoms with Crippen molar-refractivity contribution in [2.75, 3.05) is 43.7 Å². The molecule has 2 amide bonds. The monoisotopic (exact) mass is 326 g/mol. The van der Waals surface area contributed by atoms with Gasteiger partial charge in [-0.3, -0.25) is 9.59 Å². The van der Waals surface area contributed by atoms with Gasteiger partial charge in [-0.15, -0.1) is 0 Å². The van der Waals surface area contributed by atoms with E-state index in [4.69, 9.17) is 21.1 Å². The van der Waals surface area contributed by atoms with E-state index in [1.165, 1.54) is 0 Å². The quantitative estimate of drug-likeness (QED) is 0.779. The van der Waals surface area contributed by atoms with Crippen molar-refractivity contribution in [1.29, 1.82) is 0 Å². The summed E-state index contributed by atoms with van der Waals surface area (Å²) in [6.07, 6.45) is 1.39. The number of hydrogen-bond acceptors (Lipinski definition) is 4. The number of amides is 2. The van der Waals surface area contributed by atoms with E-state index in [0.717, 1.165) is 6.42 Å². The zero-order valence-corrected chi connectivity index (χ0v) is 13.2. The van der Waals surface area contributed by atoms with E-state index in [1.807, 2.05) is 0 Å². The minimum Gasteiger partial charge on any atom is -0.382 e. The van der Waals surface area contributed by atoms with Crippen LogP contribution in [0.1, 0.15) is 12.8 Å². The van der Waals surface area contributed by atoms with Crippen molar-refractivity contribution in [2.45, 2.75) is 12.8 Å². The zero-order valence-electron chi connectivity index (χ0n) is 12.4. The van der Waals surface area contributed by atoms with Crippen LogP contribution in [-0.2, 0) is 19.1 Å². The zero-order chi connectivity index (χ0) is 15.9. The van der Waals surface area contributed by atoms with Crippen molar-refractivity contribution in [2.24, 2.45) is 0 Å². The van der Waals surface area contributed by atoms with Gasteiger partial charge in [0.25, 0.3) is 0 Å². The Morgan fingerprint density at radius 2 is 2.23 bits per heavy atom. The van der Waals surface area contributed by atoms with E-state index in [0.29, 0.717) is 42.6 Å². The molecule has 7 heteroatoms. The first-order valence-corrected chi connectivity index (χ1v) is 7.46. The maximum absolute atomic E-state index is 11.7. The lowest BCUT2D eigenvalue weighted by Crippen LogP contribution is -2.24. The first kappa shape index (κ1) is 16.7. The van der Waals surface area contributed by atoms with Gasteiger partial charge in [-0.25, -0.2) is 0 Å². The molecule has 1 aliphatic heterocycles. The highest BCUT2D eigenvalue weighted by molar-refractivity contribution is 6.34. The lowest BCUT2D eigenvalue weighted by Gasteiger charge is -2.18. The van der Waals surface area contributed by atoms with Gasteiger partial charge in [0, 0.05) is 25.8 Å². The van der Waals surface area contributed by atoms with Crippen LogP contribution in [0.5, 0.6) is 0 Å². The maximum atomic E-state index is 11.7. The third kappa shape index (κ3) is 4.43. The summed E-state index contributed by atoms with van der Waals surface area (Å²) in [5.74, 6) is -0.192. The number of rotatable bonds is 7. The van der Waals surface area contributed by atoms with Gasteiger partial charge in [0.2, 0.25) is 11.8 Å². The summed E-state index contributed by atoms with van der Waals surface area (Å²) in [6.45, 7) is 1.43. The molecule has 0 saturated carbocycles. The Morgan fingerprint density at radius 3 is 2.86 bits per heavy atom. The second kappa shape index (κ2) is 8.12. The number of anilines is 2. The summed E-state index contributed by atoms with van der Waals surface area (Å²) in [6, 6.07) is 5.10. The molecule has 120 valence electrons. The standard InChI is InChI=1S/C15H19ClN2O4/c1-21-7-8-22-10-14(19)17-11-4-5-13(12(16)9-11)18-6-2-3-15(18)20/h4-5,9H,2-3,6-8,10H2,1H3,(H,17,19). The van der Waals surface area contributed by atoms with Gasteiger partial charge in [-0.2, -0.15) is 0 Å². The average Bonchev–Trinajstić information content (AvgIpc) is 2.90. The molecular formula is C15H19ClN2O4. The van der Waals surface area contributed by atoms with Gasteiger partial charge in [0.15, 0.2) is 0 Å². The normalized spacial score (nSPS) is 14.5. The van der Waals surface area contributed by atoms with Crippen LogP contribution >= 0.6 is 11.6 Å². The van der Waals surface area contributed by atoms with Crippen molar-refractivity contribution in [3.63, 3.8) is 0 Å². The minimum atomic E-state index is -0.267. The highest BCUT2D eigenvalue weighted by Crippen LogP contribution is 2.31. The molecule has 1 saturated heterocycles. The fourth-order valence-electron chi connectivity index (χ4n) is 2.21. The number of methoxy groups -OCH3 is 1. The van der Waals surface area contributed by atoms with Crippen LogP contribution in [0.4, 0.5) is 11.4 Å². The molecule has 1 heterocycles. The van der Waals surface area contributed by atoms with Gasteiger partial charge in [-0.1, -0.05) is 11.6 Å². The Kier molecular flexibility index (Phi) is 6.18. The van der Waals surface area contributed by atoms with E-state index >= 15 is 0 Å². The van der Waals surface area contributed by atoms with E-state index in [1.54, 1.807) is 30.2 Å². The summed E-state index contributed by atoms with van der Waals surface area (Å²) in [7, 11) is 1.57. The summed E-state index contributed by atoms with van der Waals surface area (Å²) in [5.41, 5.74) is 1.25. The molecule has 1 aromatic rings. The predicted molar refractivity (Wildman–Crippen MR) is 84.4 cm³/mol. The lowest BCUT2D eigenvalue weighted by molar-refractivity contribution is -0.121. The Labute approximate surface area is 134 Å². The second-order valence-electron chi connectivity index (χ2n) is 4.91. The third-order valence-electron chi connectivity index (χ3n) is 3.26. The topological polar surface area (TPSA) is 67.9 Å². The summed E-state index contributed by atoms with van der Waals surface area (Å²) in [5, 5.41) is 3.13. The molecule has 0 spiro atoms. The number of hydrogen-bond donors (Lipinski definition) is 1. The van der Waals surface area contributed by atoms with E-state index in [-0.39, 0.29) is 18.4 Å². The van der Waals surface area contributed by atoms with Crippen molar-refractivity contribution in [1.82, 2.24) is 0 Å². The molecule has 1 aromatic carbocycles. The summed E-state index contributed by atoms with van der Waals surface area (Å²) < 4.78 is 9.96. The van der Waals surface area contributed by atoms with Gasteiger partial charge < -0.3 is 19.7 Å². The molecule has 6 nitrogen and oxygen atoms in total. The molecule has 0 unspecified atom stereocenters. The molecule has 0 bridgehead atoms. The number of nitrogens with zero attached hydrogens (tertiary/aromatic N) is 1. The van der Waals surface area contributed by atoms with Gasteiger partial charge in [0.1, 0.15) is 6.61 Å². The molecule has 1 fully saturated rings. The molecule has 0 radical (unpaired) electrons. The van der Waals surface area contributed by atoms with Crippen molar-refractivity contribution in [3.8, 4) is 0 Å². The number of ether oxygens (including phenoxy) is 2. The van der Waals surface area contributed by atoms with Crippen LogP contribution in [0.25, 0.3) is 0 Å². The third-order valence-corrected chi connectivity index (χ3v) is 3.56. The number of benzene rings is 1. The van der Waals surface area contributed by atoms with Crippen molar-refractivity contribution >= 4 is 34.8 Å². The lowest BCUT2D eigenvalue weighted by atomic mass is 10.2. The fraction of sp³-hybridized carbons (Fsp3) is 0.467. The predicted octanol–water partition coefficient (Wildman–Crippen LogP) is 2.07. The number of nitrogens with one attached hydrogen (secondary N) is 1. The van der Waals surface area contributed by atoms with E-state index in [2.05, 4.69) is 5.32 Å². The highest BCUT2D eigenvalue weighted by Gasteiger charge is 2.23. The molecule has 0 atom stereocenters. The van der Waals surface area contributed by atoms with Gasteiger partial charge in [0.05, 0.1) is 23.9 Å². The number of carbonyl (C=O) groups is 2. The summed E-state index contributed by atoms with van der Waals surface area (Å²) >= 11 is 6.21. The smallest absolute Gasteiger partial charge is 0.250 e. The average molecular weight is 327 g/mol. The van der Waals surface area contributed by atoms with Crippen LogP contribution < -0.4 is 10.2 Å². The van der Waals surface area contributed by atoms with Crippen LogP contribution in [0.15, 0.2) is 18.2 Å². The minimum absolute atomic E-state index is 0.0483. The number of carbonyl (C=O) groups excluding carboxylic acids is 2. The van der Waals surface area contributed by atoms with Crippen LogP contribution in [-0.4, -0.2) is 45.3 Å². The number of halogens is 1. The Hall–Kier alpha value is -1.63. The molecule has 0 aliphatic carbocycles. The molecule has 22 heavy (non-hydrogen) atoms. The van der Waals surface area contributed by atoms with Crippen LogP contribution in [0.3, 0.4) is 0 Å². The van der Waals surface area contributed by atoms with Crippen LogP contribution in [0, 0.1) is 0 Å². The van der Waals surface area contributed by atoms with Crippen molar-refractivity contribution in [3.05, 3.63) is 23.2 Å². The fourth-order valence-corrected chi connectivity index (χ4v) is 2.49. The molecule has 0 aromatic heterocycles. The van der Waals surface area contributed by atoms with Crippen molar-refractivity contribution < 1.29 is 19.1 Å². The largest absolute Gasteiger partial charge is 0.382 e. The molecule has 2 rings (SSSR count). The van der Waals surface area contributed by atoms with Crippen LogP contribution in [0.2, 0.25) is 5.02 Å². The first-order chi connectivity index (χ1) is 10.6. The maximum Gasteiger partial charge on any atom is 0.250 e. The summed E-state index contributed by atoms with van der Waals surface area (Å²) in [4.78, 5) is 25.1. The SMILES string of the molecule is COCCOCC(=O)Nc1ccc(N2CCCC2=O)c(Cl)c1. The van der Waals surface area contributed by atoms with Gasteiger partial charge >= 0.3 is 0 Å². The molecular weight excluding hydrogens is 308 g/mol. The molecule has 1 N–H and O–H groups in total. The molecule has 1 aliphatic rings. The second-order valence-corrected chi connectivity index (χ2v) is 5.32. The Bertz CT molecular complexity index is 550. The van der Waals surface area contributed by atoms with Gasteiger partial charge in [-0.05, 0) is 24.6 Å². The first-order valence-electron chi connectivity index (χ1n) is 7.08. The Balaban J connectivity index is 1.92. The Morgan fingerprint density at radius 1 is 1.41 bits per heavy atom. The van der Waals surface area contributed by atoms with E-state index < -0.39 is 0 Å². The highest BCUT2D eigenvalue weighted by atomic mass is 35.5.